The Kier molecular flexibility index (Phi) is 15.4. The Morgan fingerprint density at radius 2 is 1.59 bits per heavy atom. The Bertz CT molecular complexity index is 801. The molecule has 32 heavy (non-hydrogen) atoms. The second kappa shape index (κ2) is 14.9. The first-order valence-corrected chi connectivity index (χ1v) is 13.2. The van der Waals surface area contributed by atoms with Crippen molar-refractivity contribution < 1.29 is 26.5 Å². The third kappa shape index (κ3) is 11.7. The zero-order valence-electron chi connectivity index (χ0n) is 22.7. The molecule has 1 nitrogen and oxygen atoms in total. The molecular weight excluding hydrogens is 440 g/mol. The van der Waals surface area contributed by atoms with Crippen LogP contribution in [-0.2, 0) is 27.1 Å². The van der Waals surface area contributed by atoms with Gasteiger partial charge in [-0.15, -0.1) is 6.92 Å². The second-order valence-corrected chi connectivity index (χ2v) is 11.2. The molecule has 1 aromatic carbocycles. The molecule has 0 spiro atoms. The Labute approximate surface area is 217 Å². The van der Waals surface area contributed by atoms with Crippen LogP contribution >= 0.6 is 0 Å². The Balaban J connectivity index is 0. The largest absolute Gasteiger partial charge is 0.465 e. The van der Waals surface area contributed by atoms with Gasteiger partial charge in [-0.1, -0.05) is 106 Å². The number of hydrogen-bond donors (Lipinski definition) is 0. The first kappa shape index (κ1) is 33.1. The van der Waals surface area contributed by atoms with Crippen molar-refractivity contribution >= 4 is 9.52 Å². The van der Waals surface area contributed by atoms with E-state index in [0.29, 0.717) is 5.92 Å². The summed E-state index contributed by atoms with van der Waals surface area (Å²) in [5.41, 5.74) is 6.79. The monoisotopic (exact) mass is 485 g/mol. The van der Waals surface area contributed by atoms with E-state index in [2.05, 4.69) is 107 Å². The van der Waals surface area contributed by atoms with Gasteiger partial charge in [-0.05, 0) is 34.1 Å². The van der Waals surface area contributed by atoms with Gasteiger partial charge in [-0.2, -0.15) is 11.1 Å². The summed E-state index contributed by atoms with van der Waals surface area (Å²) in [5, 5.41) is 0. The van der Waals surface area contributed by atoms with Crippen molar-refractivity contribution in [2.75, 3.05) is 0 Å². The van der Waals surface area contributed by atoms with Crippen molar-refractivity contribution in [2.45, 2.75) is 87.7 Å². The number of rotatable bonds is 3. The van der Waals surface area contributed by atoms with Crippen molar-refractivity contribution in [2.24, 2.45) is 11.3 Å². The van der Waals surface area contributed by atoms with Crippen LogP contribution < -0.4 is 4.74 Å². The van der Waals surface area contributed by atoms with Gasteiger partial charge in [0.1, 0.15) is 5.75 Å². The van der Waals surface area contributed by atoms with Gasteiger partial charge in [0.25, 0.3) is 0 Å². The summed E-state index contributed by atoms with van der Waals surface area (Å²) in [6.07, 6.45) is 7.01. The average molecular weight is 486 g/mol. The summed E-state index contributed by atoms with van der Waals surface area (Å²) >= 11 is 0. The second-order valence-electron chi connectivity index (χ2n) is 10.2. The van der Waals surface area contributed by atoms with Gasteiger partial charge in [-0.25, -0.2) is 5.57 Å². The van der Waals surface area contributed by atoms with Crippen molar-refractivity contribution in [3.05, 3.63) is 77.1 Å². The smallest absolute Gasteiger partial charge is 0.126 e. The molecule has 2 rings (SSSR count). The molecule has 0 bridgehead atoms. The fraction of sp³-hybridized carbons (Fsp3) is 0.517. The fourth-order valence-corrected chi connectivity index (χ4v) is 2.86. The Hall–Kier alpha value is -1.09. The van der Waals surface area contributed by atoms with E-state index < -0.39 is 0 Å². The van der Waals surface area contributed by atoms with E-state index >= 15 is 0 Å². The van der Waals surface area contributed by atoms with Crippen LogP contribution in [0.2, 0.25) is 13.1 Å². The van der Waals surface area contributed by atoms with Crippen molar-refractivity contribution in [3.8, 4) is 5.75 Å². The standard InChI is InChI=1S/C18H26O.C9H13.C2H6Si.Ti/c1-8-14(17(2,3)4)13-19-16-11-9-10-15(12-16)18(5,6)7;1-6-5-7(2)9(4)8(6)3;1-3-2;/h8-13H,1H2,2-7H3;6H,1-4H3;1-2H3;/q;-1;;. The summed E-state index contributed by atoms with van der Waals surface area (Å²) in [5.74, 6) is 1.43. The quantitative estimate of drug-likeness (QED) is 0.180. The summed E-state index contributed by atoms with van der Waals surface area (Å²) < 4.78 is 5.79. The molecule has 0 heterocycles. The molecule has 2 radical (unpaired) electrons. The van der Waals surface area contributed by atoms with E-state index in [9.17, 15) is 0 Å². The summed E-state index contributed by atoms with van der Waals surface area (Å²) in [6.45, 7) is 29.9. The SMILES string of the molecule is C=CC(=COc1cccc(C(C)(C)C)c1)C(C)(C)C.CC1=[C-]C(C)C(C)=C1C.C[Si]C.[Ti]. The third-order valence-electron chi connectivity index (χ3n) is 5.34. The number of benzene rings is 1. The van der Waals surface area contributed by atoms with Crippen LogP contribution in [0.5, 0.6) is 5.75 Å². The average Bonchev–Trinajstić information content (AvgIpc) is 2.87. The first-order valence-electron chi connectivity index (χ1n) is 11.2. The van der Waals surface area contributed by atoms with Gasteiger partial charge in [-0.3, -0.25) is 6.08 Å². The summed E-state index contributed by atoms with van der Waals surface area (Å²) in [7, 11) is 1.08. The van der Waals surface area contributed by atoms with Crippen LogP contribution in [0, 0.1) is 17.4 Å². The maximum atomic E-state index is 5.79. The van der Waals surface area contributed by atoms with Crippen LogP contribution in [0.25, 0.3) is 0 Å². The van der Waals surface area contributed by atoms with E-state index in [1.807, 2.05) is 18.2 Å². The molecule has 1 aliphatic carbocycles. The molecular formula is C29H45OSiTi-. The summed E-state index contributed by atoms with van der Waals surface area (Å²) in [6, 6.07) is 8.25. The van der Waals surface area contributed by atoms with Gasteiger partial charge in [0.15, 0.2) is 0 Å². The van der Waals surface area contributed by atoms with Gasteiger partial charge in [0.2, 0.25) is 0 Å². The molecule has 0 saturated heterocycles. The molecule has 0 saturated carbocycles. The third-order valence-corrected chi connectivity index (χ3v) is 5.34. The van der Waals surface area contributed by atoms with E-state index in [4.69, 9.17) is 4.74 Å². The molecule has 1 unspecified atom stereocenters. The number of allylic oxidation sites excluding steroid dienone is 6. The zero-order valence-corrected chi connectivity index (χ0v) is 25.2. The molecule has 1 atom stereocenters. The summed E-state index contributed by atoms with van der Waals surface area (Å²) in [4.78, 5) is 0. The molecule has 0 amide bonds. The van der Waals surface area contributed by atoms with Gasteiger partial charge < -0.3 is 4.74 Å². The topological polar surface area (TPSA) is 9.23 Å². The Morgan fingerprint density at radius 3 is 1.91 bits per heavy atom. The van der Waals surface area contributed by atoms with Crippen molar-refractivity contribution in [1.82, 2.24) is 0 Å². The van der Waals surface area contributed by atoms with E-state index in [-0.39, 0.29) is 32.5 Å². The van der Waals surface area contributed by atoms with Crippen LogP contribution in [0.3, 0.4) is 0 Å². The minimum atomic E-state index is 0. The molecule has 0 aliphatic heterocycles. The molecule has 0 N–H and O–H groups in total. The first-order chi connectivity index (χ1) is 14.2. The fourth-order valence-electron chi connectivity index (χ4n) is 2.86. The molecule has 176 valence electrons. The predicted octanol–water partition coefficient (Wildman–Crippen LogP) is 8.99. The predicted molar refractivity (Wildman–Crippen MR) is 141 cm³/mol. The van der Waals surface area contributed by atoms with Gasteiger partial charge in [0, 0.05) is 31.2 Å². The maximum absolute atomic E-state index is 5.79. The van der Waals surface area contributed by atoms with Crippen LogP contribution in [-0.4, -0.2) is 9.52 Å². The van der Waals surface area contributed by atoms with Crippen LogP contribution in [0.15, 0.2) is 65.5 Å². The van der Waals surface area contributed by atoms with Gasteiger partial charge >= 0.3 is 0 Å². The van der Waals surface area contributed by atoms with Gasteiger partial charge in [0.05, 0.1) is 6.26 Å². The normalized spacial score (nSPS) is 16.1. The van der Waals surface area contributed by atoms with E-state index in [1.165, 1.54) is 22.3 Å². The number of ether oxygens (including phenoxy) is 1. The minimum absolute atomic E-state index is 0. The van der Waals surface area contributed by atoms with E-state index in [0.717, 1.165) is 20.8 Å². The molecule has 0 aromatic heterocycles. The van der Waals surface area contributed by atoms with Crippen molar-refractivity contribution in [3.63, 3.8) is 0 Å². The van der Waals surface area contributed by atoms with Crippen LogP contribution in [0.1, 0.15) is 74.8 Å². The minimum Gasteiger partial charge on any atom is -0.465 e. The van der Waals surface area contributed by atoms with E-state index in [1.54, 1.807) is 6.26 Å². The maximum Gasteiger partial charge on any atom is 0.126 e. The molecule has 1 aliphatic rings. The zero-order chi connectivity index (χ0) is 24.4. The molecule has 0 fully saturated rings. The Morgan fingerprint density at radius 1 is 1.06 bits per heavy atom. The van der Waals surface area contributed by atoms with Crippen LogP contribution in [0.4, 0.5) is 0 Å². The molecule has 1 aromatic rings. The van der Waals surface area contributed by atoms with Crippen molar-refractivity contribution in [1.29, 1.82) is 0 Å². The molecule has 3 heteroatoms. The number of hydrogen-bond acceptors (Lipinski definition) is 1.